The highest BCUT2D eigenvalue weighted by molar-refractivity contribution is 6.31. The summed E-state index contributed by atoms with van der Waals surface area (Å²) in [6.07, 6.45) is 3.53. The molecule has 1 heterocycles. The number of rotatable bonds is 4. The Bertz CT molecular complexity index is 613. The van der Waals surface area contributed by atoms with Crippen LogP contribution in [0.5, 0.6) is 5.75 Å². The molecule has 0 saturated carbocycles. The lowest BCUT2D eigenvalue weighted by atomic mass is 10.2. The summed E-state index contributed by atoms with van der Waals surface area (Å²) in [4.78, 5) is 4.11. The van der Waals surface area contributed by atoms with Crippen LogP contribution in [0.1, 0.15) is 31.1 Å². The first-order valence-electron chi connectivity index (χ1n) is 5.95. The van der Waals surface area contributed by atoms with Crippen molar-refractivity contribution in [3.05, 3.63) is 47.0 Å². The summed E-state index contributed by atoms with van der Waals surface area (Å²) >= 11 is 5.95. The van der Waals surface area contributed by atoms with Gasteiger partial charge in [-0.05, 0) is 26.0 Å². The van der Waals surface area contributed by atoms with Gasteiger partial charge in [-0.2, -0.15) is 5.26 Å². The number of nitriles is 1. The molecule has 0 bridgehead atoms. The molecule has 0 N–H and O–H groups in total. The lowest BCUT2D eigenvalue weighted by Gasteiger charge is -2.13. The van der Waals surface area contributed by atoms with E-state index in [9.17, 15) is 0 Å². The Morgan fingerprint density at radius 1 is 1.47 bits per heavy atom. The quantitative estimate of drug-likeness (QED) is 0.857. The molecular weight excluding hydrogens is 262 g/mol. The molecule has 1 aromatic carbocycles. The molecule has 5 heteroatoms. The minimum atomic E-state index is 0.316. The third-order valence-electron chi connectivity index (χ3n) is 2.77. The van der Waals surface area contributed by atoms with Gasteiger partial charge in [0.2, 0.25) is 0 Å². The highest BCUT2D eigenvalue weighted by atomic mass is 35.5. The molecule has 0 atom stereocenters. The second-order valence-corrected chi connectivity index (χ2v) is 4.81. The van der Waals surface area contributed by atoms with Crippen LogP contribution in [-0.2, 0) is 6.61 Å². The molecule has 2 rings (SSSR count). The van der Waals surface area contributed by atoms with Gasteiger partial charge in [0.25, 0.3) is 0 Å². The highest BCUT2D eigenvalue weighted by Crippen LogP contribution is 2.26. The summed E-state index contributed by atoms with van der Waals surface area (Å²) in [5, 5.41) is 9.47. The van der Waals surface area contributed by atoms with Gasteiger partial charge in [0.1, 0.15) is 24.0 Å². The van der Waals surface area contributed by atoms with Gasteiger partial charge >= 0.3 is 0 Å². The summed E-state index contributed by atoms with van der Waals surface area (Å²) < 4.78 is 7.70. The van der Waals surface area contributed by atoms with Crippen molar-refractivity contribution < 1.29 is 4.74 Å². The van der Waals surface area contributed by atoms with Crippen molar-refractivity contribution in [2.24, 2.45) is 0 Å². The highest BCUT2D eigenvalue weighted by Gasteiger charge is 2.10. The molecule has 2 aromatic rings. The van der Waals surface area contributed by atoms with E-state index in [1.807, 2.05) is 4.57 Å². The molecule has 0 saturated heterocycles. The van der Waals surface area contributed by atoms with Gasteiger partial charge in [0.05, 0.1) is 23.2 Å². The summed E-state index contributed by atoms with van der Waals surface area (Å²) in [6, 6.07) is 7.54. The zero-order chi connectivity index (χ0) is 13.8. The van der Waals surface area contributed by atoms with Gasteiger partial charge in [-0.25, -0.2) is 4.98 Å². The molecule has 1 aromatic heterocycles. The van der Waals surface area contributed by atoms with E-state index in [0.29, 0.717) is 29.0 Å². The van der Waals surface area contributed by atoms with Crippen LogP contribution in [0.2, 0.25) is 5.02 Å². The predicted octanol–water partition coefficient (Wildman–Crippen LogP) is 3.57. The van der Waals surface area contributed by atoms with Gasteiger partial charge in [-0.15, -0.1) is 0 Å². The Labute approximate surface area is 117 Å². The Hall–Kier alpha value is -1.99. The SMILES string of the molecule is CC(C)n1cncc1COc1cccc(Cl)c1C#N. The first-order chi connectivity index (χ1) is 9.13. The Kier molecular flexibility index (Phi) is 4.08. The molecule has 0 fully saturated rings. The fourth-order valence-electron chi connectivity index (χ4n) is 1.79. The van der Waals surface area contributed by atoms with Crippen molar-refractivity contribution in [1.29, 1.82) is 5.26 Å². The van der Waals surface area contributed by atoms with Gasteiger partial charge in [-0.3, -0.25) is 0 Å². The Morgan fingerprint density at radius 3 is 2.95 bits per heavy atom. The largest absolute Gasteiger partial charge is 0.486 e. The maximum absolute atomic E-state index is 9.07. The first kappa shape index (κ1) is 13.4. The van der Waals surface area contributed by atoms with Crippen molar-refractivity contribution in [2.45, 2.75) is 26.5 Å². The molecule has 4 nitrogen and oxygen atoms in total. The predicted molar refractivity (Wildman–Crippen MR) is 73.1 cm³/mol. The zero-order valence-electron chi connectivity index (χ0n) is 10.8. The monoisotopic (exact) mass is 275 g/mol. The topological polar surface area (TPSA) is 50.8 Å². The first-order valence-corrected chi connectivity index (χ1v) is 6.33. The summed E-state index contributed by atoms with van der Waals surface area (Å²) in [5.74, 6) is 0.492. The summed E-state index contributed by atoms with van der Waals surface area (Å²) in [7, 11) is 0. The number of hydrogen-bond donors (Lipinski definition) is 0. The fraction of sp³-hybridized carbons (Fsp3) is 0.286. The van der Waals surface area contributed by atoms with Crippen LogP contribution in [0.25, 0.3) is 0 Å². The van der Waals surface area contributed by atoms with Crippen LogP contribution in [0, 0.1) is 11.3 Å². The normalized spacial score (nSPS) is 10.5. The van der Waals surface area contributed by atoms with Gasteiger partial charge in [0.15, 0.2) is 0 Å². The van der Waals surface area contributed by atoms with E-state index in [1.165, 1.54) is 0 Å². The molecule has 0 aliphatic carbocycles. The van der Waals surface area contributed by atoms with Gasteiger partial charge in [-0.1, -0.05) is 17.7 Å². The third kappa shape index (κ3) is 2.88. The minimum Gasteiger partial charge on any atom is -0.486 e. The van der Waals surface area contributed by atoms with Crippen molar-refractivity contribution in [2.75, 3.05) is 0 Å². The maximum Gasteiger partial charge on any atom is 0.139 e. The smallest absolute Gasteiger partial charge is 0.139 e. The Balaban J connectivity index is 2.18. The number of aromatic nitrogens is 2. The average Bonchev–Trinajstić information content (AvgIpc) is 2.84. The van der Waals surface area contributed by atoms with E-state index < -0.39 is 0 Å². The number of benzene rings is 1. The molecule has 98 valence electrons. The molecule has 0 aliphatic heterocycles. The number of imidazole rings is 1. The van der Waals surface area contributed by atoms with Crippen molar-refractivity contribution >= 4 is 11.6 Å². The zero-order valence-corrected chi connectivity index (χ0v) is 11.6. The van der Waals surface area contributed by atoms with Gasteiger partial charge < -0.3 is 9.30 Å². The average molecular weight is 276 g/mol. The van der Waals surface area contributed by atoms with Crippen LogP contribution in [-0.4, -0.2) is 9.55 Å². The summed E-state index contributed by atoms with van der Waals surface area (Å²) in [6.45, 7) is 4.50. The second-order valence-electron chi connectivity index (χ2n) is 4.40. The fourth-order valence-corrected chi connectivity index (χ4v) is 2.00. The maximum atomic E-state index is 9.07. The molecule has 0 aliphatic rings. The standard InChI is InChI=1S/C14H14ClN3O/c1-10(2)18-9-17-7-11(18)8-19-14-5-3-4-13(15)12(14)6-16/h3-5,7,9-10H,8H2,1-2H3. The van der Waals surface area contributed by atoms with E-state index in [1.54, 1.807) is 30.7 Å². The Morgan fingerprint density at radius 2 is 2.26 bits per heavy atom. The molecular formula is C14H14ClN3O. The number of nitrogens with zero attached hydrogens (tertiary/aromatic N) is 3. The molecule has 0 spiro atoms. The van der Waals surface area contributed by atoms with E-state index in [2.05, 4.69) is 24.9 Å². The van der Waals surface area contributed by atoms with Crippen LogP contribution in [0.15, 0.2) is 30.7 Å². The van der Waals surface area contributed by atoms with E-state index in [4.69, 9.17) is 21.6 Å². The van der Waals surface area contributed by atoms with Crippen LogP contribution in [0.3, 0.4) is 0 Å². The minimum absolute atomic E-state index is 0.316. The molecule has 0 radical (unpaired) electrons. The van der Waals surface area contributed by atoms with E-state index >= 15 is 0 Å². The third-order valence-corrected chi connectivity index (χ3v) is 3.08. The van der Waals surface area contributed by atoms with E-state index in [-0.39, 0.29) is 0 Å². The number of ether oxygens (including phenoxy) is 1. The molecule has 0 amide bonds. The molecule has 0 unspecified atom stereocenters. The number of hydrogen-bond acceptors (Lipinski definition) is 3. The molecule has 19 heavy (non-hydrogen) atoms. The van der Waals surface area contributed by atoms with Crippen LogP contribution in [0.4, 0.5) is 0 Å². The second kappa shape index (κ2) is 5.77. The van der Waals surface area contributed by atoms with E-state index in [0.717, 1.165) is 5.69 Å². The van der Waals surface area contributed by atoms with Crippen molar-refractivity contribution in [3.8, 4) is 11.8 Å². The summed E-state index contributed by atoms with van der Waals surface area (Å²) in [5.41, 5.74) is 1.32. The van der Waals surface area contributed by atoms with Gasteiger partial charge in [0, 0.05) is 6.04 Å². The lowest BCUT2D eigenvalue weighted by Crippen LogP contribution is -2.07. The van der Waals surface area contributed by atoms with Crippen LogP contribution < -0.4 is 4.74 Å². The lowest BCUT2D eigenvalue weighted by molar-refractivity contribution is 0.291. The van der Waals surface area contributed by atoms with Crippen LogP contribution >= 0.6 is 11.6 Å². The van der Waals surface area contributed by atoms with Crippen molar-refractivity contribution in [3.63, 3.8) is 0 Å². The van der Waals surface area contributed by atoms with Crippen molar-refractivity contribution in [1.82, 2.24) is 9.55 Å². The number of halogens is 1.